The fourth-order valence-corrected chi connectivity index (χ4v) is 4.45. The van der Waals surface area contributed by atoms with Gasteiger partial charge in [0, 0.05) is 12.6 Å². The zero-order chi connectivity index (χ0) is 23.1. The molecule has 0 aromatic heterocycles. The van der Waals surface area contributed by atoms with Gasteiger partial charge in [0.05, 0.1) is 0 Å². The number of aliphatic carboxylic acids is 1. The largest absolute Gasteiger partial charge is 0.480 e. The minimum absolute atomic E-state index is 0.0648. The summed E-state index contributed by atoms with van der Waals surface area (Å²) in [6.45, 7) is 2.90. The minimum Gasteiger partial charge on any atom is -0.480 e. The Labute approximate surface area is 191 Å². The number of benzene rings is 2. The number of aryl methyl sites for hydroxylation is 1. The molecule has 172 valence electrons. The molecule has 7 heteroatoms. The van der Waals surface area contributed by atoms with Crippen LogP contribution in [0.1, 0.15) is 50.2 Å². The van der Waals surface area contributed by atoms with E-state index < -0.39 is 18.6 Å². The van der Waals surface area contributed by atoms with E-state index in [9.17, 15) is 9.90 Å². The lowest BCUT2D eigenvalue weighted by atomic mass is 9.66. The molecule has 1 fully saturated rings. The van der Waals surface area contributed by atoms with Gasteiger partial charge in [-0.05, 0) is 60.2 Å². The summed E-state index contributed by atoms with van der Waals surface area (Å²) in [5.74, 6) is -1.03. The molecule has 2 aromatic carbocycles. The van der Waals surface area contributed by atoms with Crippen LogP contribution in [0.4, 0.5) is 0 Å². The first kappa shape index (κ1) is 24.5. The van der Waals surface area contributed by atoms with Crippen LogP contribution in [0.3, 0.4) is 0 Å². The fourth-order valence-electron chi connectivity index (χ4n) is 4.45. The lowest BCUT2D eigenvalue weighted by Crippen LogP contribution is -2.61. The smallest absolute Gasteiger partial charge is 0.451 e. The van der Waals surface area contributed by atoms with E-state index in [1.165, 1.54) is 22.3 Å². The molecule has 0 radical (unpaired) electrons. The average Bonchev–Trinajstić information content (AvgIpc) is 2.76. The molecule has 1 unspecified atom stereocenters. The van der Waals surface area contributed by atoms with Gasteiger partial charge >= 0.3 is 13.1 Å². The SMILES string of the molecule is CCc1ccc(-c2ccc(CN[C@H]3C[C@@H](C(N)(CCCCB(O)O)C(=O)O)C3)cc2)cc1. The van der Waals surface area contributed by atoms with Crippen molar-refractivity contribution in [3.8, 4) is 11.1 Å². The Morgan fingerprint density at radius 2 is 1.59 bits per heavy atom. The van der Waals surface area contributed by atoms with Gasteiger partial charge < -0.3 is 26.2 Å². The number of carbonyl (C=O) groups is 1. The maximum atomic E-state index is 11.8. The first-order valence-electron chi connectivity index (χ1n) is 11.6. The number of nitrogens with one attached hydrogen (secondary N) is 1. The molecule has 0 saturated heterocycles. The number of hydrogen-bond donors (Lipinski definition) is 5. The molecular weight excluding hydrogens is 403 g/mol. The third-order valence-electron chi connectivity index (χ3n) is 6.81. The maximum Gasteiger partial charge on any atom is 0.451 e. The van der Waals surface area contributed by atoms with Crippen LogP contribution in [-0.4, -0.2) is 39.8 Å². The highest BCUT2D eigenvalue weighted by Gasteiger charge is 2.48. The van der Waals surface area contributed by atoms with Crippen LogP contribution in [0.25, 0.3) is 11.1 Å². The third-order valence-corrected chi connectivity index (χ3v) is 6.81. The van der Waals surface area contributed by atoms with Crippen molar-refractivity contribution in [2.75, 3.05) is 0 Å². The topological polar surface area (TPSA) is 116 Å². The van der Waals surface area contributed by atoms with Crippen LogP contribution in [0.2, 0.25) is 6.32 Å². The van der Waals surface area contributed by atoms with E-state index in [2.05, 4.69) is 60.8 Å². The first-order valence-corrected chi connectivity index (χ1v) is 11.6. The molecule has 0 bridgehead atoms. The molecule has 6 nitrogen and oxygen atoms in total. The summed E-state index contributed by atoms with van der Waals surface area (Å²) < 4.78 is 0. The van der Waals surface area contributed by atoms with E-state index in [1.54, 1.807) is 0 Å². The van der Waals surface area contributed by atoms with Gasteiger partial charge in [-0.1, -0.05) is 68.3 Å². The summed E-state index contributed by atoms with van der Waals surface area (Å²) in [4.78, 5) is 11.8. The van der Waals surface area contributed by atoms with Crippen LogP contribution in [0, 0.1) is 5.92 Å². The number of carboxylic acids is 1. The summed E-state index contributed by atoms with van der Waals surface area (Å²) in [6.07, 6.45) is 4.25. The molecule has 1 aliphatic carbocycles. The number of nitrogens with two attached hydrogens (primary N) is 1. The van der Waals surface area contributed by atoms with E-state index >= 15 is 0 Å². The molecule has 1 atom stereocenters. The Bertz CT molecular complexity index is 867. The lowest BCUT2D eigenvalue weighted by molar-refractivity contribution is -0.148. The second-order valence-corrected chi connectivity index (χ2v) is 9.07. The standard InChI is InChI=1S/C25H35BN2O4/c1-2-18-5-9-20(10-6-18)21-11-7-19(8-12-21)17-28-23-15-22(16-23)25(27,24(29)30)13-3-4-14-26(31)32/h5-12,22-23,28,31-32H,2-4,13-17,27H2,1H3,(H,29,30)/t22-,23+,25?. The van der Waals surface area contributed by atoms with Crippen LogP contribution in [-0.2, 0) is 17.8 Å². The van der Waals surface area contributed by atoms with Gasteiger partial charge in [-0.2, -0.15) is 0 Å². The van der Waals surface area contributed by atoms with Crippen molar-refractivity contribution in [3.63, 3.8) is 0 Å². The third kappa shape index (κ3) is 6.20. The predicted octanol–water partition coefficient (Wildman–Crippen LogP) is 3.21. The number of hydrogen-bond acceptors (Lipinski definition) is 5. The molecule has 1 aliphatic rings. The van der Waals surface area contributed by atoms with E-state index in [-0.39, 0.29) is 18.3 Å². The average molecular weight is 438 g/mol. The molecule has 6 N–H and O–H groups in total. The molecule has 0 aliphatic heterocycles. The summed E-state index contributed by atoms with van der Waals surface area (Å²) in [7, 11) is -1.35. The number of unbranched alkanes of at least 4 members (excludes halogenated alkanes) is 1. The second-order valence-electron chi connectivity index (χ2n) is 9.07. The Morgan fingerprint density at radius 3 is 2.09 bits per heavy atom. The van der Waals surface area contributed by atoms with Gasteiger partial charge in [-0.25, -0.2) is 0 Å². The van der Waals surface area contributed by atoms with Crippen molar-refractivity contribution >= 4 is 13.1 Å². The van der Waals surface area contributed by atoms with E-state index in [4.69, 9.17) is 15.8 Å². The van der Waals surface area contributed by atoms with Crippen molar-refractivity contribution in [2.24, 2.45) is 11.7 Å². The monoisotopic (exact) mass is 438 g/mol. The summed E-state index contributed by atoms with van der Waals surface area (Å²) in [5.41, 5.74) is 9.97. The van der Waals surface area contributed by atoms with Gasteiger partial charge in [0.15, 0.2) is 0 Å². The van der Waals surface area contributed by atoms with Crippen molar-refractivity contribution in [1.82, 2.24) is 5.32 Å². The Kier molecular flexibility index (Phi) is 8.48. The zero-order valence-corrected chi connectivity index (χ0v) is 18.8. The minimum atomic E-state index is -1.35. The summed E-state index contributed by atoms with van der Waals surface area (Å²) in [5, 5.41) is 31.1. The van der Waals surface area contributed by atoms with E-state index in [0.717, 1.165) is 25.8 Å². The van der Waals surface area contributed by atoms with Gasteiger partial charge in [0.25, 0.3) is 0 Å². The predicted molar refractivity (Wildman–Crippen MR) is 128 cm³/mol. The molecule has 0 amide bonds. The molecule has 1 saturated carbocycles. The van der Waals surface area contributed by atoms with Crippen molar-refractivity contribution < 1.29 is 19.9 Å². The van der Waals surface area contributed by atoms with Gasteiger partial charge in [0.1, 0.15) is 5.54 Å². The Hall–Kier alpha value is -2.19. The van der Waals surface area contributed by atoms with Gasteiger partial charge in [0.2, 0.25) is 0 Å². The molecular formula is C25H35BN2O4. The van der Waals surface area contributed by atoms with Crippen molar-refractivity contribution in [1.29, 1.82) is 0 Å². The summed E-state index contributed by atoms with van der Waals surface area (Å²) >= 11 is 0. The maximum absolute atomic E-state index is 11.8. The van der Waals surface area contributed by atoms with Gasteiger partial charge in [-0.15, -0.1) is 0 Å². The molecule has 0 spiro atoms. The van der Waals surface area contributed by atoms with E-state index in [1.807, 2.05) is 0 Å². The highest BCUT2D eigenvalue weighted by molar-refractivity contribution is 6.40. The fraction of sp³-hybridized carbons (Fsp3) is 0.480. The zero-order valence-electron chi connectivity index (χ0n) is 18.8. The second kappa shape index (κ2) is 11.1. The molecule has 0 heterocycles. The normalized spacial score (nSPS) is 19.8. The van der Waals surface area contributed by atoms with Crippen LogP contribution < -0.4 is 11.1 Å². The van der Waals surface area contributed by atoms with Crippen LogP contribution in [0.15, 0.2) is 48.5 Å². The highest BCUT2D eigenvalue weighted by Crippen LogP contribution is 2.38. The summed E-state index contributed by atoms with van der Waals surface area (Å²) in [6, 6.07) is 17.5. The van der Waals surface area contributed by atoms with Crippen molar-refractivity contribution in [2.45, 2.75) is 69.9 Å². The molecule has 3 rings (SSSR count). The Morgan fingerprint density at radius 1 is 1.03 bits per heavy atom. The highest BCUT2D eigenvalue weighted by atomic mass is 16.4. The Balaban J connectivity index is 1.45. The first-order chi connectivity index (χ1) is 15.3. The van der Waals surface area contributed by atoms with Crippen molar-refractivity contribution in [3.05, 3.63) is 59.7 Å². The lowest BCUT2D eigenvalue weighted by Gasteiger charge is -2.45. The van der Waals surface area contributed by atoms with E-state index in [0.29, 0.717) is 19.3 Å². The number of carboxylic acid groups (broad SMARTS) is 1. The number of rotatable bonds is 12. The van der Waals surface area contributed by atoms with Gasteiger partial charge in [-0.3, -0.25) is 4.79 Å². The van der Waals surface area contributed by atoms with Crippen LogP contribution in [0.5, 0.6) is 0 Å². The molecule has 2 aromatic rings. The quantitative estimate of drug-likeness (QED) is 0.257. The molecule has 32 heavy (non-hydrogen) atoms. The van der Waals surface area contributed by atoms with Crippen LogP contribution >= 0.6 is 0 Å².